The summed E-state index contributed by atoms with van der Waals surface area (Å²) in [5.74, 6) is -0.163. The monoisotopic (exact) mass is 312 g/mol. The van der Waals surface area contributed by atoms with Gasteiger partial charge in [0.25, 0.3) is 0 Å². The zero-order chi connectivity index (χ0) is 17.0. The Balaban J connectivity index is 2.06. The highest BCUT2D eigenvalue weighted by Crippen LogP contribution is 2.21. The Morgan fingerprint density at radius 2 is 1.78 bits per heavy atom. The SMILES string of the molecule is Cc1cc(NC(=O)C(C)(C)C(=O)Nc2ccc(C#N)cc2)no1. The van der Waals surface area contributed by atoms with Crippen LogP contribution >= 0.6 is 0 Å². The van der Waals surface area contributed by atoms with Gasteiger partial charge in [0, 0.05) is 11.8 Å². The summed E-state index contributed by atoms with van der Waals surface area (Å²) in [6.45, 7) is 4.72. The smallest absolute Gasteiger partial charge is 0.240 e. The van der Waals surface area contributed by atoms with E-state index in [9.17, 15) is 9.59 Å². The molecule has 0 unspecified atom stereocenters. The van der Waals surface area contributed by atoms with Crippen LogP contribution in [0.5, 0.6) is 0 Å². The molecule has 23 heavy (non-hydrogen) atoms. The minimum Gasteiger partial charge on any atom is -0.360 e. The summed E-state index contributed by atoms with van der Waals surface area (Å²) in [6, 6.07) is 9.93. The average molecular weight is 312 g/mol. The number of carbonyl (C=O) groups is 2. The van der Waals surface area contributed by atoms with Gasteiger partial charge < -0.3 is 15.2 Å². The molecular formula is C16H16N4O3. The molecule has 0 radical (unpaired) electrons. The standard InChI is InChI=1S/C16H16N4O3/c1-10-8-13(20-23-10)19-15(22)16(2,3)14(21)18-12-6-4-11(9-17)5-7-12/h4-8H,1-3H3,(H,18,21)(H,19,20,22). The van der Waals surface area contributed by atoms with Gasteiger partial charge in [-0.15, -0.1) is 0 Å². The Hall–Kier alpha value is -3.14. The molecule has 7 heteroatoms. The summed E-state index contributed by atoms with van der Waals surface area (Å²) in [5, 5.41) is 17.6. The van der Waals surface area contributed by atoms with E-state index in [2.05, 4.69) is 15.8 Å². The first-order valence-electron chi connectivity index (χ1n) is 6.89. The van der Waals surface area contributed by atoms with Crippen molar-refractivity contribution in [2.75, 3.05) is 10.6 Å². The van der Waals surface area contributed by atoms with Crippen LogP contribution in [0.25, 0.3) is 0 Å². The third kappa shape index (κ3) is 3.74. The fourth-order valence-corrected chi connectivity index (χ4v) is 1.72. The van der Waals surface area contributed by atoms with Crippen molar-refractivity contribution in [2.45, 2.75) is 20.8 Å². The van der Waals surface area contributed by atoms with Crippen LogP contribution in [0.15, 0.2) is 34.9 Å². The van der Waals surface area contributed by atoms with Crippen molar-refractivity contribution in [3.63, 3.8) is 0 Å². The lowest BCUT2D eigenvalue weighted by Crippen LogP contribution is -2.41. The van der Waals surface area contributed by atoms with Crippen LogP contribution in [0.1, 0.15) is 25.2 Å². The van der Waals surface area contributed by atoms with E-state index in [1.807, 2.05) is 6.07 Å². The molecule has 1 heterocycles. The van der Waals surface area contributed by atoms with E-state index in [0.29, 0.717) is 17.0 Å². The van der Waals surface area contributed by atoms with Crippen molar-refractivity contribution in [1.82, 2.24) is 5.16 Å². The molecule has 2 amide bonds. The van der Waals surface area contributed by atoms with Gasteiger partial charge in [0.2, 0.25) is 11.8 Å². The Morgan fingerprint density at radius 1 is 1.17 bits per heavy atom. The number of carbonyl (C=O) groups excluding carboxylic acids is 2. The summed E-state index contributed by atoms with van der Waals surface area (Å²) in [4.78, 5) is 24.6. The normalized spacial score (nSPS) is 10.7. The molecule has 0 aliphatic carbocycles. The first-order valence-corrected chi connectivity index (χ1v) is 6.89. The lowest BCUT2D eigenvalue weighted by atomic mass is 9.91. The lowest BCUT2D eigenvalue weighted by Gasteiger charge is -2.22. The van der Waals surface area contributed by atoms with E-state index >= 15 is 0 Å². The fraction of sp³-hybridized carbons (Fsp3) is 0.250. The molecule has 0 saturated carbocycles. The number of nitriles is 1. The Bertz CT molecular complexity index is 769. The second kappa shape index (κ2) is 6.32. The van der Waals surface area contributed by atoms with Crippen LogP contribution in [0.4, 0.5) is 11.5 Å². The maximum absolute atomic E-state index is 12.3. The predicted molar refractivity (Wildman–Crippen MR) is 83.4 cm³/mol. The number of nitrogens with one attached hydrogen (secondary N) is 2. The first-order chi connectivity index (χ1) is 10.8. The van der Waals surface area contributed by atoms with Gasteiger partial charge in [-0.2, -0.15) is 5.26 Å². The van der Waals surface area contributed by atoms with Crippen molar-refractivity contribution < 1.29 is 14.1 Å². The molecule has 0 saturated heterocycles. The van der Waals surface area contributed by atoms with Gasteiger partial charge in [-0.25, -0.2) is 0 Å². The molecule has 2 rings (SSSR count). The second-order valence-electron chi connectivity index (χ2n) is 5.55. The molecule has 2 aromatic rings. The molecule has 0 spiro atoms. The second-order valence-corrected chi connectivity index (χ2v) is 5.55. The van der Waals surface area contributed by atoms with Gasteiger partial charge in [0.05, 0.1) is 11.6 Å². The average Bonchev–Trinajstić information content (AvgIpc) is 2.93. The molecule has 7 nitrogen and oxygen atoms in total. The Labute approximate surface area is 133 Å². The predicted octanol–water partition coefficient (Wildman–Crippen LogP) is 2.46. The van der Waals surface area contributed by atoms with E-state index < -0.39 is 17.2 Å². The van der Waals surface area contributed by atoms with Crippen molar-refractivity contribution in [1.29, 1.82) is 5.26 Å². The minimum absolute atomic E-state index is 0.256. The quantitative estimate of drug-likeness (QED) is 0.843. The number of aryl methyl sites for hydroxylation is 1. The van der Waals surface area contributed by atoms with Crippen LogP contribution in [-0.4, -0.2) is 17.0 Å². The molecule has 0 fully saturated rings. The fourth-order valence-electron chi connectivity index (χ4n) is 1.72. The van der Waals surface area contributed by atoms with E-state index in [4.69, 9.17) is 9.78 Å². The van der Waals surface area contributed by atoms with E-state index in [1.165, 1.54) is 13.8 Å². The number of rotatable bonds is 4. The van der Waals surface area contributed by atoms with Crippen LogP contribution in [-0.2, 0) is 9.59 Å². The van der Waals surface area contributed by atoms with Crippen LogP contribution in [0.3, 0.4) is 0 Å². The molecule has 1 aromatic carbocycles. The number of amides is 2. The molecule has 0 atom stereocenters. The molecule has 2 N–H and O–H groups in total. The van der Waals surface area contributed by atoms with Gasteiger partial charge >= 0.3 is 0 Å². The van der Waals surface area contributed by atoms with E-state index in [1.54, 1.807) is 37.3 Å². The Kier molecular flexibility index (Phi) is 4.46. The summed E-state index contributed by atoms with van der Waals surface area (Å²) in [7, 11) is 0. The number of hydrogen-bond acceptors (Lipinski definition) is 5. The van der Waals surface area contributed by atoms with Gasteiger partial charge in [0.15, 0.2) is 5.82 Å². The third-order valence-corrected chi connectivity index (χ3v) is 3.28. The summed E-state index contributed by atoms with van der Waals surface area (Å²) in [6.07, 6.45) is 0. The first kappa shape index (κ1) is 16.2. The van der Waals surface area contributed by atoms with Crippen LogP contribution in [0.2, 0.25) is 0 Å². The van der Waals surface area contributed by atoms with Gasteiger partial charge in [-0.1, -0.05) is 5.16 Å². The van der Waals surface area contributed by atoms with Gasteiger partial charge in [-0.05, 0) is 45.0 Å². The van der Waals surface area contributed by atoms with Crippen LogP contribution in [0, 0.1) is 23.7 Å². The molecule has 0 aliphatic heterocycles. The molecule has 1 aromatic heterocycles. The topological polar surface area (TPSA) is 108 Å². The molecule has 0 bridgehead atoms. The van der Waals surface area contributed by atoms with E-state index in [0.717, 1.165) is 0 Å². The largest absolute Gasteiger partial charge is 0.360 e. The summed E-state index contributed by atoms with van der Waals surface area (Å²) in [5.41, 5.74) is -0.325. The number of hydrogen-bond donors (Lipinski definition) is 2. The van der Waals surface area contributed by atoms with Crippen LogP contribution < -0.4 is 10.6 Å². The van der Waals surface area contributed by atoms with Gasteiger partial charge in [-0.3, -0.25) is 9.59 Å². The summed E-state index contributed by atoms with van der Waals surface area (Å²) >= 11 is 0. The number of aromatic nitrogens is 1. The molecule has 0 aliphatic rings. The van der Waals surface area contributed by atoms with Gasteiger partial charge in [0.1, 0.15) is 11.2 Å². The summed E-state index contributed by atoms with van der Waals surface area (Å²) < 4.78 is 4.86. The zero-order valence-electron chi connectivity index (χ0n) is 13.0. The van der Waals surface area contributed by atoms with Crippen molar-refractivity contribution in [2.24, 2.45) is 5.41 Å². The number of anilines is 2. The highest BCUT2D eigenvalue weighted by Gasteiger charge is 2.36. The van der Waals surface area contributed by atoms with Crippen molar-refractivity contribution in [3.8, 4) is 6.07 Å². The lowest BCUT2D eigenvalue weighted by molar-refractivity contribution is -0.135. The highest BCUT2D eigenvalue weighted by atomic mass is 16.5. The van der Waals surface area contributed by atoms with Crippen molar-refractivity contribution in [3.05, 3.63) is 41.7 Å². The molecule has 118 valence electrons. The maximum atomic E-state index is 12.3. The zero-order valence-corrected chi connectivity index (χ0v) is 13.0. The molecular weight excluding hydrogens is 296 g/mol. The van der Waals surface area contributed by atoms with Crippen molar-refractivity contribution >= 4 is 23.3 Å². The number of benzene rings is 1. The van der Waals surface area contributed by atoms with E-state index in [-0.39, 0.29) is 5.82 Å². The minimum atomic E-state index is -1.32. The highest BCUT2D eigenvalue weighted by molar-refractivity contribution is 6.13. The third-order valence-electron chi connectivity index (χ3n) is 3.28. The number of nitrogens with zero attached hydrogens (tertiary/aromatic N) is 2. The Morgan fingerprint density at radius 3 is 2.30 bits per heavy atom. The maximum Gasteiger partial charge on any atom is 0.240 e.